The Morgan fingerprint density at radius 2 is 1.86 bits per heavy atom. The number of aryl methyl sites for hydroxylation is 1. The second-order valence-corrected chi connectivity index (χ2v) is 6.79. The van der Waals surface area contributed by atoms with Crippen molar-refractivity contribution in [2.45, 2.75) is 19.9 Å². The molecule has 0 aliphatic carbocycles. The van der Waals surface area contributed by atoms with Gasteiger partial charge in [-0.05, 0) is 55.8 Å². The third-order valence-electron chi connectivity index (χ3n) is 3.67. The SMILES string of the molecule is CNC(c1cccc(Br)c1)c1c(C)c(Br)cc(C)c1OC. The van der Waals surface area contributed by atoms with Crippen LogP contribution in [0.15, 0.2) is 39.3 Å². The first-order chi connectivity index (χ1) is 9.99. The maximum absolute atomic E-state index is 5.67. The van der Waals surface area contributed by atoms with Crippen molar-refractivity contribution in [1.82, 2.24) is 5.32 Å². The van der Waals surface area contributed by atoms with Crippen LogP contribution >= 0.6 is 31.9 Å². The van der Waals surface area contributed by atoms with Crippen LogP contribution in [0.1, 0.15) is 28.3 Å². The Morgan fingerprint density at radius 3 is 2.43 bits per heavy atom. The zero-order valence-electron chi connectivity index (χ0n) is 12.6. The highest BCUT2D eigenvalue weighted by atomic mass is 79.9. The standard InChI is InChI=1S/C17H19Br2NO/c1-10-8-14(19)11(2)15(17(10)21-4)16(20-3)12-6-5-7-13(18)9-12/h5-9,16,20H,1-4H3. The third-order valence-corrected chi connectivity index (χ3v) is 4.99. The molecule has 21 heavy (non-hydrogen) atoms. The summed E-state index contributed by atoms with van der Waals surface area (Å²) in [4.78, 5) is 0. The first-order valence-corrected chi connectivity index (χ1v) is 8.34. The number of halogens is 2. The smallest absolute Gasteiger partial charge is 0.127 e. The van der Waals surface area contributed by atoms with E-state index < -0.39 is 0 Å². The van der Waals surface area contributed by atoms with Crippen molar-refractivity contribution in [3.05, 3.63) is 61.5 Å². The molecule has 0 saturated carbocycles. The highest BCUT2D eigenvalue weighted by Gasteiger charge is 2.22. The number of hydrogen-bond donors (Lipinski definition) is 1. The summed E-state index contributed by atoms with van der Waals surface area (Å²) in [6.45, 7) is 4.18. The molecule has 1 N–H and O–H groups in total. The Labute approximate surface area is 143 Å². The lowest BCUT2D eigenvalue weighted by molar-refractivity contribution is 0.401. The van der Waals surface area contributed by atoms with Gasteiger partial charge in [0, 0.05) is 14.5 Å². The van der Waals surface area contributed by atoms with Crippen molar-refractivity contribution in [3.8, 4) is 5.75 Å². The molecule has 0 heterocycles. The van der Waals surface area contributed by atoms with Gasteiger partial charge < -0.3 is 10.1 Å². The number of methoxy groups -OCH3 is 1. The minimum absolute atomic E-state index is 0.0775. The van der Waals surface area contributed by atoms with Gasteiger partial charge in [0.1, 0.15) is 5.75 Å². The summed E-state index contributed by atoms with van der Waals surface area (Å²) in [6, 6.07) is 10.5. The van der Waals surface area contributed by atoms with Crippen LogP contribution < -0.4 is 10.1 Å². The zero-order valence-corrected chi connectivity index (χ0v) is 15.8. The fraction of sp³-hybridized carbons (Fsp3) is 0.294. The molecular weight excluding hydrogens is 394 g/mol. The quantitative estimate of drug-likeness (QED) is 0.749. The number of rotatable bonds is 4. The van der Waals surface area contributed by atoms with Crippen LogP contribution in [0.25, 0.3) is 0 Å². The normalized spacial score (nSPS) is 12.3. The molecule has 0 aliphatic rings. The van der Waals surface area contributed by atoms with Gasteiger partial charge in [-0.1, -0.05) is 44.0 Å². The van der Waals surface area contributed by atoms with Crippen molar-refractivity contribution in [2.75, 3.05) is 14.2 Å². The summed E-state index contributed by atoms with van der Waals surface area (Å²) in [5.74, 6) is 0.940. The van der Waals surface area contributed by atoms with E-state index in [1.54, 1.807) is 7.11 Å². The summed E-state index contributed by atoms with van der Waals surface area (Å²) in [7, 11) is 3.70. The van der Waals surface area contributed by atoms with Gasteiger partial charge in [-0.15, -0.1) is 0 Å². The highest BCUT2D eigenvalue weighted by molar-refractivity contribution is 9.10. The molecule has 0 spiro atoms. The maximum Gasteiger partial charge on any atom is 0.127 e. The molecule has 0 fully saturated rings. The maximum atomic E-state index is 5.67. The van der Waals surface area contributed by atoms with Gasteiger partial charge in [-0.3, -0.25) is 0 Å². The van der Waals surface area contributed by atoms with Crippen LogP contribution in [0.5, 0.6) is 5.75 Å². The molecule has 0 bridgehead atoms. The minimum Gasteiger partial charge on any atom is -0.496 e. The Hall–Kier alpha value is -0.840. The highest BCUT2D eigenvalue weighted by Crippen LogP contribution is 2.39. The van der Waals surface area contributed by atoms with Crippen LogP contribution in [0.2, 0.25) is 0 Å². The van der Waals surface area contributed by atoms with Crippen LogP contribution in [-0.4, -0.2) is 14.2 Å². The second-order valence-electron chi connectivity index (χ2n) is 5.02. The topological polar surface area (TPSA) is 21.3 Å². The molecule has 2 aromatic carbocycles. The van der Waals surface area contributed by atoms with E-state index in [4.69, 9.17) is 4.74 Å². The minimum atomic E-state index is 0.0775. The van der Waals surface area contributed by atoms with Crippen molar-refractivity contribution in [1.29, 1.82) is 0 Å². The van der Waals surface area contributed by atoms with Gasteiger partial charge in [-0.25, -0.2) is 0 Å². The summed E-state index contributed by atoms with van der Waals surface area (Å²) in [5.41, 5.74) is 4.69. The lowest BCUT2D eigenvalue weighted by atomic mass is 9.92. The molecule has 112 valence electrons. The van der Waals surface area contributed by atoms with Crippen molar-refractivity contribution < 1.29 is 4.74 Å². The van der Waals surface area contributed by atoms with E-state index in [1.165, 1.54) is 16.7 Å². The van der Waals surface area contributed by atoms with Gasteiger partial charge in [0.2, 0.25) is 0 Å². The molecule has 0 radical (unpaired) electrons. The second kappa shape index (κ2) is 6.95. The summed E-state index contributed by atoms with van der Waals surface area (Å²) >= 11 is 7.20. The van der Waals surface area contributed by atoms with E-state index in [0.717, 1.165) is 20.3 Å². The van der Waals surface area contributed by atoms with Gasteiger partial charge in [0.15, 0.2) is 0 Å². The number of hydrogen-bond acceptors (Lipinski definition) is 2. The predicted molar refractivity (Wildman–Crippen MR) is 95.2 cm³/mol. The predicted octanol–water partition coefficient (Wildman–Crippen LogP) is 5.15. The Balaban J connectivity index is 2.67. The number of benzene rings is 2. The zero-order chi connectivity index (χ0) is 15.6. The van der Waals surface area contributed by atoms with Gasteiger partial charge in [-0.2, -0.15) is 0 Å². The average Bonchev–Trinajstić information content (AvgIpc) is 2.45. The Morgan fingerprint density at radius 1 is 1.14 bits per heavy atom. The van der Waals surface area contributed by atoms with Crippen molar-refractivity contribution >= 4 is 31.9 Å². The van der Waals surface area contributed by atoms with E-state index in [2.05, 4.69) is 75.3 Å². The number of nitrogens with one attached hydrogen (secondary N) is 1. The van der Waals surface area contributed by atoms with Crippen molar-refractivity contribution in [2.24, 2.45) is 0 Å². The average molecular weight is 413 g/mol. The fourth-order valence-corrected chi connectivity index (χ4v) is 3.63. The molecule has 1 unspecified atom stereocenters. The summed E-state index contributed by atoms with van der Waals surface area (Å²) in [6.07, 6.45) is 0. The Bertz CT molecular complexity index is 655. The van der Waals surface area contributed by atoms with E-state index in [-0.39, 0.29) is 6.04 Å². The molecule has 0 aliphatic heterocycles. The van der Waals surface area contributed by atoms with Gasteiger partial charge in [0.25, 0.3) is 0 Å². The molecule has 2 nitrogen and oxygen atoms in total. The lowest BCUT2D eigenvalue weighted by Gasteiger charge is -2.24. The fourth-order valence-electron chi connectivity index (χ4n) is 2.66. The molecule has 4 heteroatoms. The van der Waals surface area contributed by atoms with Crippen molar-refractivity contribution in [3.63, 3.8) is 0 Å². The van der Waals surface area contributed by atoms with E-state index in [9.17, 15) is 0 Å². The van der Waals surface area contributed by atoms with Crippen LogP contribution in [0, 0.1) is 13.8 Å². The van der Waals surface area contributed by atoms with Gasteiger partial charge in [0.05, 0.1) is 13.2 Å². The Kier molecular flexibility index (Phi) is 5.47. The van der Waals surface area contributed by atoms with E-state index in [0.29, 0.717) is 0 Å². The first-order valence-electron chi connectivity index (χ1n) is 6.76. The molecule has 0 amide bonds. The molecule has 2 rings (SSSR count). The summed E-state index contributed by atoms with van der Waals surface area (Å²) in [5, 5.41) is 3.41. The van der Waals surface area contributed by atoms with Crippen LogP contribution in [0.3, 0.4) is 0 Å². The van der Waals surface area contributed by atoms with Crippen LogP contribution in [0.4, 0.5) is 0 Å². The number of ether oxygens (including phenoxy) is 1. The van der Waals surface area contributed by atoms with Crippen LogP contribution in [-0.2, 0) is 0 Å². The lowest BCUT2D eigenvalue weighted by Crippen LogP contribution is -2.20. The summed E-state index contributed by atoms with van der Waals surface area (Å²) < 4.78 is 7.85. The monoisotopic (exact) mass is 411 g/mol. The van der Waals surface area contributed by atoms with E-state index >= 15 is 0 Å². The largest absolute Gasteiger partial charge is 0.496 e. The van der Waals surface area contributed by atoms with E-state index in [1.807, 2.05) is 13.1 Å². The molecular formula is C17H19Br2NO. The molecule has 0 saturated heterocycles. The molecule has 2 aromatic rings. The van der Waals surface area contributed by atoms with Gasteiger partial charge >= 0.3 is 0 Å². The first kappa shape index (κ1) is 16.5. The molecule has 1 atom stereocenters. The molecule has 0 aromatic heterocycles. The third kappa shape index (κ3) is 3.33.